The van der Waals surface area contributed by atoms with Crippen LogP contribution in [-0.4, -0.2) is 48.8 Å². The maximum atomic E-state index is 14.1. The Kier molecular flexibility index (Phi) is 10.1. The highest BCUT2D eigenvalue weighted by Crippen LogP contribution is 2.53. The van der Waals surface area contributed by atoms with Crippen LogP contribution >= 0.6 is 7.29 Å². The van der Waals surface area contributed by atoms with Crippen molar-refractivity contribution in [3.63, 3.8) is 0 Å². The van der Waals surface area contributed by atoms with Crippen LogP contribution in [0.1, 0.15) is 23.1 Å². The summed E-state index contributed by atoms with van der Waals surface area (Å²) in [5.74, 6) is 4.63. The number of benzene rings is 3. The summed E-state index contributed by atoms with van der Waals surface area (Å²) in [5.41, 5.74) is 2.92. The molecule has 0 spiro atoms. The van der Waals surface area contributed by atoms with Gasteiger partial charge in [-0.15, -0.1) is 0 Å². The lowest BCUT2D eigenvalue weighted by atomic mass is 10.1. The summed E-state index contributed by atoms with van der Waals surface area (Å²) in [6.07, 6.45) is 0.820. The van der Waals surface area contributed by atoms with Gasteiger partial charge < -0.3 is 30.9 Å². The zero-order valence-corrected chi connectivity index (χ0v) is 24.6. The van der Waals surface area contributed by atoms with Gasteiger partial charge >= 0.3 is 0 Å². The quantitative estimate of drug-likeness (QED) is 0.122. The van der Waals surface area contributed by atoms with E-state index in [0.717, 1.165) is 53.8 Å². The molecule has 5 rings (SSSR count). The molecule has 0 amide bonds. The molecule has 1 fully saturated rings. The Hall–Kier alpha value is -3.07. The third-order valence-corrected chi connectivity index (χ3v) is 9.16. The van der Waals surface area contributed by atoms with Gasteiger partial charge in [0, 0.05) is 53.4 Å². The largest absolute Gasteiger partial charge is 1.00 e. The zero-order valence-electron chi connectivity index (χ0n) is 22.2. The number of nitro groups is 1. The Morgan fingerprint density at radius 3 is 1.93 bits per heavy atom. The minimum Gasteiger partial charge on any atom is -1.00 e. The second kappa shape index (κ2) is 13.5. The molecule has 210 valence electrons. The summed E-state index contributed by atoms with van der Waals surface area (Å²) >= 11 is 0. The van der Waals surface area contributed by atoms with Gasteiger partial charge in [0.05, 0.1) is 24.7 Å². The lowest BCUT2D eigenvalue weighted by molar-refractivity contribution is -0.947. The molecule has 8 nitrogen and oxygen atoms in total. The van der Waals surface area contributed by atoms with Gasteiger partial charge in [0.1, 0.15) is 31.2 Å². The standard InChI is InChI=1S/C30H33N3O5P.BrH/c34-32(35)28-14-12-25(13-15-28)22-33(18-20-37-21-19-33)17-7-16-31-39(36)23-29(26-8-3-1-4-9-26)38-30(24-39)27-10-5-2-6-11-27;/h1-6,8-15,23-24H,7,16-22H2,(H,31,36);1H/q+1;/p-1. The van der Waals surface area contributed by atoms with Crippen LogP contribution in [0.25, 0.3) is 11.5 Å². The minimum atomic E-state index is -3.02. The number of nitrogens with zero attached hydrogens (tertiary/aromatic N) is 2. The topological polar surface area (TPSA) is 90.7 Å². The first-order chi connectivity index (χ1) is 18.9. The van der Waals surface area contributed by atoms with Gasteiger partial charge in [-0.2, -0.15) is 0 Å². The van der Waals surface area contributed by atoms with E-state index in [-0.39, 0.29) is 27.6 Å². The average molecular weight is 626 g/mol. The van der Waals surface area contributed by atoms with Gasteiger partial charge in [-0.05, 0) is 12.1 Å². The van der Waals surface area contributed by atoms with E-state index < -0.39 is 7.29 Å². The summed E-state index contributed by atoms with van der Waals surface area (Å²) in [7, 11) is -3.02. The predicted octanol–water partition coefficient (Wildman–Crippen LogP) is 3.23. The molecule has 0 atom stereocenters. The van der Waals surface area contributed by atoms with E-state index in [2.05, 4.69) is 5.09 Å². The molecule has 1 N–H and O–H groups in total. The Balaban J connectivity index is 0.00000370. The van der Waals surface area contributed by atoms with Crippen LogP contribution in [0.2, 0.25) is 0 Å². The molecule has 2 aliphatic heterocycles. The molecule has 0 aromatic heterocycles. The van der Waals surface area contributed by atoms with Gasteiger partial charge in [-0.25, -0.2) is 0 Å². The van der Waals surface area contributed by atoms with E-state index in [0.29, 0.717) is 31.3 Å². The van der Waals surface area contributed by atoms with Crippen molar-refractivity contribution in [2.45, 2.75) is 13.0 Å². The minimum absolute atomic E-state index is 0. The molecule has 1 saturated heterocycles. The Morgan fingerprint density at radius 1 is 0.850 bits per heavy atom. The number of ether oxygens (including phenoxy) is 2. The molecular formula is C30H33BrN3O5P. The van der Waals surface area contributed by atoms with Crippen molar-refractivity contribution in [3.8, 4) is 0 Å². The second-order valence-electron chi connectivity index (χ2n) is 10.00. The number of quaternary nitrogens is 1. The molecule has 0 aliphatic carbocycles. The van der Waals surface area contributed by atoms with E-state index in [1.165, 1.54) is 0 Å². The smallest absolute Gasteiger partial charge is 0.269 e. The fourth-order valence-corrected chi connectivity index (χ4v) is 6.95. The van der Waals surface area contributed by atoms with E-state index >= 15 is 0 Å². The normalized spacial score (nSPS) is 17.5. The van der Waals surface area contributed by atoms with Crippen molar-refractivity contribution in [3.05, 3.63) is 123 Å². The first-order valence-electron chi connectivity index (χ1n) is 13.2. The maximum Gasteiger partial charge on any atom is 0.269 e. The maximum absolute atomic E-state index is 14.1. The summed E-state index contributed by atoms with van der Waals surface area (Å²) in [6, 6.07) is 26.3. The predicted molar refractivity (Wildman–Crippen MR) is 153 cm³/mol. The third-order valence-electron chi connectivity index (χ3n) is 7.21. The number of morpholine rings is 1. The second-order valence-corrected chi connectivity index (χ2v) is 12.2. The fraction of sp³-hybridized carbons (Fsp3) is 0.267. The third kappa shape index (κ3) is 7.56. The molecular weight excluding hydrogens is 593 g/mol. The number of nitro benzene ring substituents is 1. The number of hydrogen-bond donors (Lipinski definition) is 1. The monoisotopic (exact) mass is 625 g/mol. The van der Waals surface area contributed by atoms with Crippen LogP contribution in [0.5, 0.6) is 0 Å². The highest BCUT2D eigenvalue weighted by molar-refractivity contribution is 7.68. The molecule has 40 heavy (non-hydrogen) atoms. The van der Waals surface area contributed by atoms with Crippen molar-refractivity contribution in [1.29, 1.82) is 0 Å². The average Bonchev–Trinajstić information content (AvgIpc) is 2.97. The van der Waals surface area contributed by atoms with E-state index in [4.69, 9.17) is 9.47 Å². The van der Waals surface area contributed by atoms with Crippen LogP contribution in [0.4, 0.5) is 5.69 Å². The first-order valence-corrected chi connectivity index (χ1v) is 15.0. The molecule has 0 radical (unpaired) electrons. The Morgan fingerprint density at radius 2 is 1.40 bits per heavy atom. The molecule has 3 aromatic rings. The highest BCUT2D eigenvalue weighted by Gasteiger charge is 2.31. The summed E-state index contributed by atoms with van der Waals surface area (Å²) in [5, 5.41) is 14.4. The zero-order chi connectivity index (χ0) is 27.1. The van der Waals surface area contributed by atoms with Crippen molar-refractivity contribution in [2.75, 3.05) is 39.4 Å². The van der Waals surface area contributed by atoms with E-state index in [9.17, 15) is 14.7 Å². The van der Waals surface area contributed by atoms with Gasteiger partial charge in [-0.1, -0.05) is 60.7 Å². The van der Waals surface area contributed by atoms with E-state index in [1.54, 1.807) is 23.8 Å². The van der Waals surface area contributed by atoms with Crippen LogP contribution in [0.15, 0.2) is 96.6 Å². The van der Waals surface area contributed by atoms with Crippen molar-refractivity contribution >= 4 is 24.5 Å². The highest BCUT2D eigenvalue weighted by atomic mass is 79.9. The summed E-state index contributed by atoms with van der Waals surface area (Å²) in [4.78, 5) is 10.7. The molecule has 0 unspecified atom stereocenters. The number of hydrogen-bond acceptors (Lipinski definition) is 5. The molecule has 10 heteroatoms. The number of nitrogens with one attached hydrogen (secondary N) is 1. The van der Waals surface area contributed by atoms with Crippen LogP contribution in [0, 0.1) is 10.1 Å². The molecule has 0 bridgehead atoms. The van der Waals surface area contributed by atoms with Crippen molar-refractivity contribution in [2.24, 2.45) is 0 Å². The van der Waals surface area contributed by atoms with Crippen LogP contribution < -0.4 is 22.1 Å². The van der Waals surface area contributed by atoms with Crippen molar-refractivity contribution in [1.82, 2.24) is 5.09 Å². The number of non-ortho nitro benzene ring substituents is 1. The Labute approximate surface area is 245 Å². The lowest BCUT2D eigenvalue weighted by Gasteiger charge is -2.41. The van der Waals surface area contributed by atoms with Crippen molar-refractivity contribution < 1.29 is 40.4 Å². The van der Waals surface area contributed by atoms with Crippen LogP contribution in [0.3, 0.4) is 0 Å². The summed E-state index contributed by atoms with van der Waals surface area (Å²) < 4.78 is 26.8. The molecule has 0 saturated carbocycles. The Bertz CT molecular complexity index is 1330. The fourth-order valence-electron chi connectivity index (χ4n) is 5.09. The van der Waals surface area contributed by atoms with E-state index in [1.807, 2.05) is 72.8 Å². The lowest BCUT2D eigenvalue weighted by Crippen LogP contribution is -3.00. The van der Waals surface area contributed by atoms with Gasteiger partial charge in [0.25, 0.3) is 5.69 Å². The SMILES string of the molecule is O=[N+]([O-])c1ccc(C[N+]2(CCCNP3(=O)C=C(c4ccccc4)OC(c4ccccc4)=C3)CCOCC2)cc1.[Br-]. The molecule has 2 aliphatic rings. The number of halogens is 1. The summed E-state index contributed by atoms with van der Waals surface area (Å²) in [6.45, 7) is 5.36. The van der Waals surface area contributed by atoms with Gasteiger partial charge in [0.15, 0.2) is 7.29 Å². The number of rotatable bonds is 10. The molecule has 2 heterocycles. The molecule has 3 aromatic carbocycles. The van der Waals surface area contributed by atoms with Gasteiger partial charge in [-0.3, -0.25) is 19.8 Å². The first kappa shape index (κ1) is 29.9. The van der Waals surface area contributed by atoms with Gasteiger partial charge in [0.2, 0.25) is 0 Å². The van der Waals surface area contributed by atoms with Crippen LogP contribution in [-0.2, 0) is 20.6 Å².